The van der Waals surface area contributed by atoms with Crippen molar-refractivity contribution in [2.45, 2.75) is 12.5 Å². The molecule has 1 aromatic rings. The Kier molecular flexibility index (Phi) is 5.92. The molecule has 0 spiro atoms. The van der Waals surface area contributed by atoms with Gasteiger partial charge in [0.1, 0.15) is 0 Å². The highest BCUT2D eigenvalue weighted by atomic mass is 35.5. The molecule has 0 aromatic heterocycles. The zero-order valence-electron chi connectivity index (χ0n) is 13.1. The Morgan fingerprint density at radius 2 is 2.17 bits per heavy atom. The summed E-state index contributed by atoms with van der Waals surface area (Å²) in [6.07, 6.45) is 0.752. The van der Waals surface area contributed by atoms with Gasteiger partial charge in [0.05, 0.1) is 22.0 Å². The van der Waals surface area contributed by atoms with Crippen molar-refractivity contribution in [3.8, 4) is 0 Å². The van der Waals surface area contributed by atoms with Crippen LogP contribution in [0, 0.1) is 5.92 Å². The Morgan fingerprint density at radius 3 is 2.88 bits per heavy atom. The van der Waals surface area contributed by atoms with E-state index in [9.17, 15) is 9.59 Å². The predicted molar refractivity (Wildman–Crippen MR) is 97.7 cm³/mol. The van der Waals surface area contributed by atoms with Gasteiger partial charge >= 0.3 is 0 Å². The van der Waals surface area contributed by atoms with Crippen LogP contribution < -0.4 is 10.6 Å². The summed E-state index contributed by atoms with van der Waals surface area (Å²) in [6.45, 7) is 2.10. The van der Waals surface area contributed by atoms with Crippen LogP contribution in [0.3, 0.4) is 0 Å². The second-order valence-corrected chi connectivity index (χ2v) is 7.93. The maximum Gasteiger partial charge on any atom is 0.251 e. The number of hydrogen-bond donors (Lipinski definition) is 2. The van der Waals surface area contributed by atoms with Crippen LogP contribution in [0.15, 0.2) is 18.2 Å². The normalized spacial score (nSPS) is 23.5. The zero-order chi connectivity index (χ0) is 17.1. The van der Waals surface area contributed by atoms with Crippen molar-refractivity contribution in [3.05, 3.63) is 33.8 Å². The number of hydrogen-bond acceptors (Lipinski definition) is 4. The van der Waals surface area contributed by atoms with Crippen molar-refractivity contribution >= 4 is 46.8 Å². The molecule has 1 unspecified atom stereocenters. The van der Waals surface area contributed by atoms with Crippen LogP contribution >= 0.6 is 35.0 Å². The molecule has 0 saturated carbocycles. The van der Waals surface area contributed by atoms with E-state index in [1.807, 2.05) is 4.90 Å². The Labute approximate surface area is 155 Å². The van der Waals surface area contributed by atoms with Crippen LogP contribution in [0.2, 0.25) is 10.0 Å². The molecule has 0 radical (unpaired) electrons. The van der Waals surface area contributed by atoms with Gasteiger partial charge in [-0.05, 0) is 30.5 Å². The quantitative estimate of drug-likeness (QED) is 0.831. The molecule has 2 heterocycles. The number of thioether (sulfide) groups is 1. The first kappa shape index (κ1) is 17.9. The van der Waals surface area contributed by atoms with E-state index in [0.29, 0.717) is 22.2 Å². The number of carbonyl (C=O) groups excluding carboxylic acids is 2. The second kappa shape index (κ2) is 7.95. The lowest BCUT2D eigenvalue weighted by atomic mass is 10.0. The largest absolute Gasteiger partial charge is 0.352 e. The van der Waals surface area contributed by atoms with Gasteiger partial charge in [0.15, 0.2) is 0 Å². The molecule has 2 saturated heterocycles. The molecule has 3 rings (SSSR count). The van der Waals surface area contributed by atoms with Crippen molar-refractivity contribution in [3.63, 3.8) is 0 Å². The van der Waals surface area contributed by atoms with Crippen LogP contribution in [0.25, 0.3) is 0 Å². The fourth-order valence-corrected chi connectivity index (χ4v) is 4.19. The fraction of sp³-hybridized carbons (Fsp3) is 0.500. The molecule has 2 aliphatic rings. The lowest BCUT2D eigenvalue weighted by Gasteiger charge is -2.19. The fourth-order valence-electron chi connectivity index (χ4n) is 2.94. The minimum atomic E-state index is -0.181. The summed E-state index contributed by atoms with van der Waals surface area (Å²) < 4.78 is 0. The number of nitrogens with zero attached hydrogens (tertiary/aromatic N) is 1. The molecule has 1 aromatic carbocycles. The first-order chi connectivity index (χ1) is 11.5. The molecular weight excluding hydrogens is 369 g/mol. The van der Waals surface area contributed by atoms with E-state index < -0.39 is 0 Å². The van der Waals surface area contributed by atoms with Gasteiger partial charge < -0.3 is 15.5 Å². The third-order valence-corrected chi connectivity index (χ3v) is 6.02. The van der Waals surface area contributed by atoms with Gasteiger partial charge in [0.25, 0.3) is 5.91 Å². The third-order valence-electron chi connectivity index (χ3n) is 4.32. The molecule has 2 aliphatic heterocycles. The average Bonchev–Trinajstić information content (AvgIpc) is 3.26. The van der Waals surface area contributed by atoms with E-state index in [1.54, 1.807) is 30.0 Å². The van der Waals surface area contributed by atoms with Gasteiger partial charge in [-0.25, -0.2) is 0 Å². The van der Waals surface area contributed by atoms with Crippen LogP contribution in [0.5, 0.6) is 0 Å². The summed E-state index contributed by atoms with van der Waals surface area (Å²) in [5, 5.41) is 6.97. The average molecular weight is 388 g/mol. The van der Waals surface area contributed by atoms with E-state index >= 15 is 0 Å². The van der Waals surface area contributed by atoms with E-state index in [0.717, 1.165) is 31.1 Å². The van der Waals surface area contributed by atoms with E-state index in [2.05, 4.69) is 10.6 Å². The number of benzene rings is 1. The minimum Gasteiger partial charge on any atom is -0.352 e. The summed E-state index contributed by atoms with van der Waals surface area (Å²) in [6, 6.07) is 4.69. The molecule has 8 heteroatoms. The van der Waals surface area contributed by atoms with Crippen molar-refractivity contribution in [2.75, 3.05) is 31.3 Å². The van der Waals surface area contributed by atoms with Crippen molar-refractivity contribution in [1.82, 2.24) is 15.5 Å². The molecule has 2 fully saturated rings. The van der Waals surface area contributed by atoms with Gasteiger partial charge in [0.2, 0.25) is 5.91 Å². The van der Waals surface area contributed by atoms with Crippen LogP contribution in [-0.4, -0.2) is 54.0 Å². The van der Waals surface area contributed by atoms with Gasteiger partial charge in [0, 0.05) is 31.0 Å². The Hall–Kier alpha value is -0.950. The Morgan fingerprint density at radius 1 is 1.33 bits per heavy atom. The summed E-state index contributed by atoms with van der Waals surface area (Å²) >= 11 is 13.6. The zero-order valence-corrected chi connectivity index (χ0v) is 15.4. The van der Waals surface area contributed by atoms with Crippen molar-refractivity contribution < 1.29 is 9.59 Å². The lowest BCUT2D eigenvalue weighted by molar-refractivity contribution is -0.131. The molecule has 2 atom stereocenters. The minimum absolute atomic E-state index is 0.129. The molecule has 2 N–H and O–H groups in total. The van der Waals surface area contributed by atoms with Crippen molar-refractivity contribution in [2.24, 2.45) is 5.92 Å². The smallest absolute Gasteiger partial charge is 0.251 e. The predicted octanol–water partition coefficient (Wildman–Crippen LogP) is 2.23. The second-order valence-electron chi connectivity index (χ2n) is 6.04. The van der Waals surface area contributed by atoms with E-state index in [-0.39, 0.29) is 23.8 Å². The molecule has 5 nitrogen and oxygen atoms in total. The van der Waals surface area contributed by atoms with Crippen LogP contribution in [0.1, 0.15) is 16.8 Å². The van der Waals surface area contributed by atoms with Gasteiger partial charge in [-0.15, -0.1) is 11.8 Å². The molecule has 2 amide bonds. The molecule has 0 bridgehead atoms. The molecule has 24 heavy (non-hydrogen) atoms. The Balaban J connectivity index is 1.48. The highest BCUT2D eigenvalue weighted by Crippen LogP contribution is 2.23. The molecule has 130 valence electrons. The monoisotopic (exact) mass is 387 g/mol. The van der Waals surface area contributed by atoms with Gasteiger partial charge in [-0.1, -0.05) is 23.2 Å². The maximum absolute atomic E-state index is 12.4. The Bertz CT molecular complexity index is 638. The highest BCUT2D eigenvalue weighted by Gasteiger charge is 2.33. The number of nitrogens with one attached hydrogen (secondary N) is 2. The van der Waals surface area contributed by atoms with Gasteiger partial charge in [-0.3, -0.25) is 9.59 Å². The highest BCUT2D eigenvalue weighted by molar-refractivity contribution is 7.99. The van der Waals surface area contributed by atoms with E-state index in [1.165, 1.54) is 0 Å². The molecule has 0 aliphatic carbocycles. The number of amides is 2. The number of halogens is 2. The van der Waals surface area contributed by atoms with Crippen molar-refractivity contribution in [1.29, 1.82) is 0 Å². The first-order valence-electron chi connectivity index (χ1n) is 7.88. The summed E-state index contributed by atoms with van der Waals surface area (Å²) in [5.41, 5.74) is 0.483. The maximum atomic E-state index is 12.4. The first-order valence-corrected chi connectivity index (χ1v) is 9.79. The standard InChI is InChI=1S/C16H19Cl2N3O2S/c17-12-2-1-11(6-13(12)18)15(22)20-8-10-5-14(19-7-10)16(23)21-3-4-24-9-21/h1-2,6,10,14,19H,3-5,7-9H2,(H,20,22)/t10?,14-/m0/s1. The number of rotatable bonds is 4. The van der Waals surface area contributed by atoms with E-state index in [4.69, 9.17) is 23.2 Å². The topological polar surface area (TPSA) is 61.4 Å². The summed E-state index contributed by atoms with van der Waals surface area (Å²) in [4.78, 5) is 26.4. The summed E-state index contributed by atoms with van der Waals surface area (Å²) in [5.74, 6) is 2.05. The molecular formula is C16H19Cl2N3O2S. The third kappa shape index (κ3) is 4.17. The van der Waals surface area contributed by atoms with Crippen LogP contribution in [-0.2, 0) is 4.79 Å². The van der Waals surface area contributed by atoms with Crippen LogP contribution in [0.4, 0.5) is 0 Å². The lowest BCUT2D eigenvalue weighted by Crippen LogP contribution is -2.42. The number of carbonyl (C=O) groups is 2. The van der Waals surface area contributed by atoms with Gasteiger partial charge in [-0.2, -0.15) is 0 Å². The summed E-state index contributed by atoms with van der Waals surface area (Å²) in [7, 11) is 0. The SMILES string of the molecule is O=C(NCC1CN[C@H](C(=O)N2CCSC2)C1)c1ccc(Cl)c(Cl)c1.